The van der Waals surface area contributed by atoms with Crippen molar-refractivity contribution >= 4 is 43.2 Å². The first-order valence-corrected chi connectivity index (χ1v) is 7.67. The van der Waals surface area contributed by atoms with E-state index in [-0.39, 0.29) is 6.04 Å². The van der Waals surface area contributed by atoms with Crippen molar-refractivity contribution in [1.82, 2.24) is 0 Å². The minimum absolute atomic E-state index is 0.0520. The van der Waals surface area contributed by atoms with E-state index < -0.39 is 0 Å². The van der Waals surface area contributed by atoms with Crippen LogP contribution < -0.4 is 5.73 Å². The molecule has 2 rings (SSSR count). The molecule has 2 N–H and O–H groups in total. The third-order valence-electron chi connectivity index (χ3n) is 2.82. The molecule has 1 unspecified atom stereocenters. The topological polar surface area (TPSA) is 26.0 Å². The highest BCUT2D eigenvalue weighted by atomic mass is 79.9. The summed E-state index contributed by atoms with van der Waals surface area (Å²) in [5, 5.41) is 0. The lowest BCUT2D eigenvalue weighted by atomic mass is 9.96. The van der Waals surface area contributed by atoms with Crippen LogP contribution >= 0.6 is 43.2 Å². The summed E-state index contributed by atoms with van der Waals surface area (Å²) in [6.07, 6.45) is 0. The summed E-state index contributed by atoms with van der Waals surface area (Å²) in [5.74, 6) is 0. The van der Waals surface area contributed by atoms with Crippen molar-refractivity contribution in [3.05, 3.63) is 54.1 Å². The fourth-order valence-corrected chi connectivity index (χ4v) is 4.08. The van der Waals surface area contributed by atoms with Crippen LogP contribution in [0, 0.1) is 13.8 Å². The van der Waals surface area contributed by atoms with Gasteiger partial charge in [0.2, 0.25) is 0 Å². The molecule has 1 nitrogen and oxygen atoms in total. The lowest BCUT2D eigenvalue weighted by Crippen LogP contribution is -2.13. The van der Waals surface area contributed by atoms with Gasteiger partial charge in [0.1, 0.15) is 0 Å². The monoisotopic (exact) mass is 373 g/mol. The molecule has 0 saturated carbocycles. The second-order valence-corrected chi connectivity index (χ2v) is 7.31. The third kappa shape index (κ3) is 2.65. The lowest BCUT2D eigenvalue weighted by molar-refractivity contribution is 0.871. The van der Waals surface area contributed by atoms with Crippen molar-refractivity contribution < 1.29 is 0 Å². The van der Waals surface area contributed by atoms with Gasteiger partial charge in [0.05, 0.1) is 9.83 Å². The van der Waals surface area contributed by atoms with Crippen LogP contribution in [0.1, 0.15) is 27.6 Å². The maximum atomic E-state index is 6.37. The van der Waals surface area contributed by atoms with E-state index in [9.17, 15) is 0 Å². The fraction of sp³-hybridized carbons (Fsp3) is 0.231. The minimum atomic E-state index is -0.0520. The summed E-state index contributed by atoms with van der Waals surface area (Å²) in [6, 6.07) is 8.33. The SMILES string of the molecule is Cc1cccc(C)c1C(N)c1cc(Br)c(Br)s1. The highest BCUT2D eigenvalue weighted by molar-refractivity contribution is 9.13. The Morgan fingerprint density at radius 2 is 1.76 bits per heavy atom. The highest BCUT2D eigenvalue weighted by Gasteiger charge is 2.17. The molecule has 1 aromatic carbocycles. The number of nitrogens with two attached hydrogens (primary N) is 1. The fourth-order valence-electron chi connectivity index (χ4n) is 1.98. The van der Waals surface area contributed by atoms with Gasteiger partial charge in [-0.05, 0) is 68.5 Å². The predicted molar refractivity (Wildman–Crippen MR) is 81.7 cm³/mol. The van der Waals surface area contributed by atoms with E-state index in [2.05, 4.69) is 70.0 Å². The molecule has 1 atom stereocenters. The zero-order chi connectivity index (χ0) is 12.6. The second kappa shape index (κ2) is 5.22. The van der Waals surface area contributed by atoms with Gasteiger partial charge in [0.25, 0.3) is 0 Å². The van der Waals surface area contributed by atoms with E-state index in [0.717, 1.165) is 8.26 Å². The summed E-state index contributed by atoms with van der Waals surface area (Å²) in [6.45, 7) is 4.22. The van der Waals surface area contributed by atoms with E-state index in [0.29, 0.717) is 0 Å². The van der Waals surface area contributed by atoms with Crippen LogP contribution in [0.4, 0.5) is 0 Å². The maximum Gasteiger partial charge on any atom is 0.0843 e. The Balaban J connectivity index is 2.47. The number of rotatable bonds is 2. The van der Waals surface area contributed by atoms with Gasteiger partial charge in [-0.3, -0.25) is 0 Å². The van der Waals surface area contributed by atoms with Crippen LogP contribution in [0.5, 0.6) is 0 Å². The zero-order valence-electron chi connectivity index (χ0n) is 9.63. The van der Waals surface area contributed by atoms with Crippen LogP contribution in [0.2, 0.25) is 0 Å². The molecule has 17 heavy (non-hydrogen) atoms. The minimum Gasteiger partial charge on any atom is -0.320 e. The quantitative estimate of drug-likeness (QED) is 0.791. The van der Waals surface area contributed by atoms with Crippen LogP contribution in [0.3, 0.4) is 0 Å². The van der Waals surface area contributed by atoms with Crippen molar-refractivity contribution in [1.29, 1.82) is 0 Å². The van der Waals surface area contributed by atoms with E-state index in [1.807, 2.05) is 0 Å². The van der Waals surface area contributed by atoms with Crippen molar-refractivity contribution in [2.24, 2.45) is 5.73 Å². The first kappa shape index (κ1) is 13.3. The first-order valence-electron chi connectivity index (χ1n) is 5.27. The van der Waals surface area contributed by atoms with Gasteiger partial charge in [-0.25, -0.2) is 0 Å². The summed E-state index contributed by atoms with van der Waals surface area (Å²) in [7, 11) is 0. The molecule has 0 aliphatic rings. The summed E-state index contributed by atoms with van der Waals surface area (Å²) >= 11 is 8.69. The summed E-state index contributed by atoms with van der Waals surface area (Å²) in [5.41, 5.74) is 10.1. The second-order valence-electron chi connectivity index (χ2n) is 4.05. The highest BCUT2D eigenvalue weighted by Crippen LogP contribution is 2.37. The van der Waals surface area contributed by atoms with Crippen LogP contribution in [0.15, 0.2) is 32.5 Å². The maximum absolute atomic E-state index is 6.37. The molecule has 0 aliphatic carbocycles. The van der Waals surface area contributed by atoms with Gasteiger partial charge in [-0.1, -0.05) is 18.2 Å². The first-order chi connectivity index (χ1) is 8.00. The Labute approximate surface area is 122 Å². The zero-order valence-corrected chi connectivity index (χ0v) is 13.6. The Morgan fingerprint density at radius 3 is 2.24 bits per heavy atom. The van der Waals surface area contributed by atoms with E-state index in [1.165, 1.54) is 21.6 Å². The number of hydrogen-bond acceptors (Lipinski definition) is 2. The average molecular weight is 375 g/mol. The Morgan fingerprint density at radius 1 is 1.18 bits per heavy atom. The molecule has 2 aromatic rings. The van der Waals surface area contributed by atoms with Gasteiger partial charge in [-0.15, -0.1) is 11.3 Å². The van der Waals surface area contributed by atoms with Crippen LogP contribution in [-0.2, 0) is 0 Å². The predicted octanol–water partition coefficient (Wildman–Crippen LogP) is 4.94. The molecule has 0 fully saturated rings. The molecule has 0 spiro atoms. The molecule has 0 radical (unpaired) electrons. The van der Waals surface area contributed by atoms with Gasteiger partial charge in [0, 0.05) is 9.35 Å². The normalized spacial score (nSPS) is 12.8. The van der Waals surface area contributed by atoms with Gasteiger partial charge >= 0.3 is 0 Å². The average Bonchev–Trinajstić information content (AvgIpc) is 2.59. The standard InChI is InChI=1S/C13H13Br2NS/c1-7-4-3-5-8(2)11(7)12(16)10-6-9(14)13(15)17-10/h3-6,12H,16H2,1-2H3. The molecular formula is C13H13Br2NS. The van der Waals surface area contributed by atoms with Crippen molar-refractivity contribution in [3.63, 3.8) is 0 Å². The molecular weight excluding hydrogens is 362 g/mol. The summed E-state index contributed by atoms with van der Waals surface area (Å²) in [4.78, 5) is 1.17. The number of aryl methyl sites for hydroxylation is 2. The molecule has 0 amide bonds. The van der Waals surface area contributed by atoms with Crippen molar-refractivity contribution in [2.45, 2.75) is 19.9 Å². The molecule has 0 bridgehead atoms. The smallest absolute Gasteiger partial charge is 0.0843 e. The van der Waals surface area contributed by atoms with E-state index >= 15 is 0 Å². The third-order valence-corrected chi connectivity index (χ3v) is 6.16. The van der Waals surface area contributed by atoms with Gasteiger partial charge < -0.3 is 5.73 Å². The van der Waals surface area contributed by atoms with E-state index in [4.69, 9.17) is 5.73 Å². The largest absolute Gasteiger partial charge is 0.320 e. The lowest BCUT2D eigenvalue weighted by Gasteiger charge is -2.16. The number of benzene rings is 1. The molecule has 1 aromatic heterocycles. The van der Waals surface area contributed by atoms with Gasteiger partial charge in [-0.2, -0.15) is 0 Å². The number of thiophene rings is 1. The van der Waals surface area contributed by atoms with Crippen molar-refractivity contribution in [3.8, 4) is 0 Å². The van der Waals surface area contributed by atoms with E-state index in [1.54, 1.807) is 11.3 Å². The van der Waals surface area contributed by atoms with Crippen molar-refractivity contribution in [2.75, 3.05) is 0 Å². The Bertz CT molecular complexity index is 509. The molecule has 0 aliphatic heterocycles. The van der Waals surface area contributed by atoms with Gasteiger partial charge in [0.15, 0.2) is 0 Å². The number of halogens is 2. The Kier molecular flexibility index (Phi) is 4.08. The Hall–Kier alpha value is -0.160. The molecule has 90 valence electrons. The number of hydrogen-bond donors (Lipinski definition) is 1. The van der Waals surface area contributed by atoms with Crippen LogP contribution in [-0.4, -0.2) is 0 Å². The van der Waals surface area contributed by atoms with Crippen LogP contribution in [0.25, 0.3) is 0 Å². The molecule has 4 heteroatoms. The molecule has 1 heterocycles. The summed E-state index contributed by atoms with van der Waals surface area (Å²) < 4.78 is 2.16. The molecule has 0 saturated heterocycles.